The Labute approximate surface area is 106 Å². The maximum atomic E-state index is 12.9. The van der Waals surface area contributed by atoms with Crippen LogP contribution in [0.15, 0.2) is 22.7 Å². The van der Waals surface area contributed by atoms with Gasteiger partial charge in [0.05, 0.1) is 6.42 Å². The van der Waals surface area contributed by atoms with Gasteiger partial charge in [-0.15, -0.1) is 0 Å². The van der Waals surface area contributed by atoms with Gasteiger partial charge in [0.1, 0.15) is 11.9 Å². The summed E-state index contributed by atoms with van der Waals surface area (Å²) >= 11 is 0. The summed E-state index contributed by atoms with van der Waals surface area (Å²) in [5.74, 6) is -0.307. The molecule has 1 aromatic carbocycles. The van der Waals surface area contributed by atoms with Gasteiger partial charge in [-0.2, -0.15) is 4.98 Å². The zero-order valence-electron chi connectivity index (χ0n) is 9.98. The van der Waals surface area contributed by atoms with Crippen LogP contribution in [-0.2, 0) is 6.42 Å². The lowest BCUT2D eigenvalue weighted by molar-refractivity contribution is -0.00754. The number of aliphatic hydroxyl groups is 1. The molecule has 0 spiro atoms. The lowest BCUT2D eigenvalue weighted by Crippen LogP contribution is -2.20. The van der Waals surface area contributed by atoms with Gasteiger partial charge in [-0.3, -0.25) is 0 Å². The zero-order valence-corrected chi connectivity index (χ0v) is 9.98. The second-order valence-electron chi connectivity index (χ2n) is 4.08. The van der Waals surface area contributed by atoms with Crippen LogP contribution in [0.5, 0.6) is 0 Å². The van der Waals surface area contributed by atoms with Gasteiger partial charge in [-0.05, 0) is 30.7 Å². The number of hydrogen-bond acceptors (Lipinski definition) is 4. The summed E-state index contributed by atoms with van der Waals surface area (Å²) in [7, 11) is 0. The average Bonchev–Trinajstić information content (AvgIpc) is 2.77. The van der Waals surface area contributed by atoms with E-state index in [-0.39, 0.29) is 11.7 Å². The van der Waals surface area contributed by atoms with Crippen molar-refractivity contribution in [2.45, 2.75) is 25.9 Å². The van der Waals surface area contributed by atoms with Crippen LogP contribution in [0.25, 0.3) is 11.4 Å². The van der Waals surface area contributed by atoms with E-state index in [1.165, 1.54) is 18.2 Å². The first-order chi connectivity index (χ1) is 8.97. The van der Waals surface area contributed by atoms with Gasteiger partial charge in [0.2, 0.25) is 11.7 Å². The van der Waals surface area contributed by atoms with E-state index in [4.69, 9.17) is 9.63 Å². The molecule has 1 atom stereocenters. The quantitative estimate of drug-likeness (QED) is 0.928. The topological polar surface area (TPSA) is 59.2 Å². The third-order valence-electron chi connectivity index (χ3n) is 2.57. The molecule has 7 heteroatoms. The molecule has 4 nitrogen and oxygen atoms in total. The van der Waals surface area contributed by atoms with Crippen molar-refractivity contribution in [3.8, 4) is 11.4 Å². The predicted molar refractivity (Wildman–Crippen MR) is 60.1 cm³/mol. The summed E-state index contributed by atoms with van der Waals surface area (Å²) in [4.78, 5) is 3.90. The first kappa shape index (κ1) is 13.5. The minimum absolute atomic E-state index is 0.0912. The van der Waals surface area contributed by atoms with Crippen molar-refractivity contribution in [2.24, 2.45) is 0 Å². The van der Waals surface area contributed by atoms with Crippen molar-refractivity contribution >= 4 is 0 Å². The maximum absolute atomic E-state index is 12.9. The molecule has 0 saturated heterocycles. The van der Waals surface area contributed by atoms with Crippen LogP contribution in [0.4, 0.5) is 13.2 Å². The highest BCUT2D eigenvalue weighted by Crippen LogP contribution is 2.21. The van der Waals surface area contributed by atoms with Gasteiger partial charge in [0.15, 0.2) is 0 Å². The third kappa shape index (κ3) is 3.11. The van der Waals surface area contributed by atoms with Crippen LogP contribution in [0.1, 0.15) is 11.5 Å². The summed E-state index contributed by atoms with van der Waals surface area (Å²) in [6.45, 7) is 1.67. The van der Waals surface area contributed by atoms with Gasteiger partial charge >= 0.3 is 0 Å². The van der Waals surface area contributed by atoms with E-state index in [2.05, 4.69) is 10.1 Å². The first-order valence-corrected chi connectivity index (χ1v) is 5.52. The van der Waals surface area contributed by atoms with E-state index < -0.39 is 24.8 Å². The summed E-state index contributed by atoms with van der Waals surface area (Å²) in [6, 6.07) is 4.02. The fraction of sp³-hybridized carbons (Fsp3) is 0.333. The Morgan fingerprint density at radius 2 is 2.11 bits per heavy atom. The van der Waals surface area contributed by atoms with E-state index in [1.807, 2.05) is 0 Å². The Morgan fingerprint density at radius 1 is 1.37 bits per heavy atom. The molecule has 1 N–H and O–H groups in total. The Bertz CT molecular complexity index is 572. The van der Waals surface area contributed by atoms with Crippen LogP contribution in [0.3, 0.4) is 0 Å². The summed E-state index contributed by atoms with van der Waals surface area (Å²) in [5.41, 5.74) is 1.14. The minimum Gasteiger partial charge on any atom is -0.387 e. The van der Waals surface area contributed by atoms with Crippen molar-refractivity contribution in [1.82, 2.24) is 10.1 Å². The Morgan fingerprint density at radius 3 is 2.74 bits per heavy atom. The fourth-order valence-corrected chi connectivity index (χ4v) is 1.59. The van der Waals surface area contributed by atoms with Gasteiger partial charge in [-0.25, -0.2) is 13.2 Å². The van der Waals surface area contributed by atoms with Crippen molar-refractivity contribution in [2.75, 3.05) is 0 Å². The number of hydrogen-bond donors (Lipinski definition) is 1. The average molecular weight is 272 g/mol. The van der Waals surface area contributed by atoms with Crippen molar-refractivity contribution in [1.29, 1.82) is 0 Å². The summed E-state index contributed by atoms with van der Waals surface area (Å²) in [5, 5.41) is 12.6. The Balaban J connectivity index is 2.21. The van der Waals surface area contributed by atoms with Crippen LogP contribution < -0.4 is 0 Å². The maximum Gasteiger partial charge on any atom is 0.264 e. The van der Waals surface area contributed by atoms with E-state index in [0.717, 1.165) is 0 Å². The molecule has 0 aliphatic rings. The number of aromatic nitrogens is 2. The summed E-state index contributed by atoms with van der Waals surface area (Å²) in [6.07, 6.45) is -5.14. The Kier molecular flexibility index (Phi) is 3.84. The molecular formula is C12H11F3N2O2. The predicted octanol–water partition coefficient (Wildman–Crippen LogP) is 2.35. The number of aliphatic hydroxyl groups excluding tert-OH is 1. The highest BCUT2D eigenvalue weighted by atomic mass is 19.3. The van der Waals surface area contributed by atoms with Gasteiger partial charge < -0.3 is 9.63 Å². The smallest absolute Gasteiger partial charge is 0.264 e. The molecule has 2 aromatic rings. The lowest BCUT2D eigenvalue weighted by atomic mass is 10.1. The van der Waals surface area contributed by atoms with E-state index in [0.29, 0.717) is 11.1 Å². The van der Waals surface area contributed by atoms with Crippen LogP contribution in [-0.4, -0.2) is 27.8 Å². The molecule has 2 rings (SSSR count). The van der Waals surface area contributed by atoms with Gasteiger partial charge in [-0.1, -0.05) is 5.16 Å². The molecule has 0 radical (unpaired) electrons. The van der Waals surface area contributed by atoms with E-state index in [9.17, 15) is 13.2 Å². The monoisotopic (exact) mass is 272 g/mol. The molecule has 0 fully saturated rings. The van der Waals surface area contributed by atoms with E-state index in [1.54, 1.807) is 6.92 Å². The molecule has 0 bridgehead atoms. The number of alkyl halides is 2. The normalized spacial score (nSPS) is 12.9. The lowest BCUT2D eigenvalue weighted by Gasteiger charge is -2.04. The van der Waals surface area contributed by atoms with Gasteiger partial charge in [0.25, 0.3) is 6.43 Å². The number of aryl methyl sites for hydroxylation is 1. The largest absolute Gasteiger partial charge is 0.387 e. The zero-order chi connectivity index (χ0) is 14.0. The molecule has 1 unspecified atom stereocenters. The van der Waals surface area contributed by atoms with Crippen molar-refractivity contribution < 1.29 is 22.8 Å². The third-order valence-corrected chi connectivity index (χ3v) is 2.57. The van der Waals surface area contributed by atoms with Gasteiger partial charge in [0, 0.05) is 5.56 Å². The molecule has 19 heavy (non-hydrogen) atoms. The molecule has 1 heterocycles. The molecule has 0 aliphatic heterocycles. The highest BCUT2D eigenvalue weighted by Gasteiger charge is 2.21. The number of halogens is 3. The molecule has 0 saturated carbocycles. The number of benzene rings is 1. The van der Waals surface area contributed by atoms with Crippen molar-refractivity contribution in [3.05, 3.63) is 35.5 Å². The molecule has 0 aliphatic carbocycles. The van der Waals surface area contributed by atoms with Crippen LogP contribution in [0.2, 0.25) is 0 Å². The second kappa shape index (κ2) is 5.40. The molecular weight excluding hydrogens is 261 g/mol. The minimum atomic E-state index is -2.87. The molecule has 0 amide bonds. The molecule has 102 valence electrons. The van der Waals surface area contributed by atoms with Crippen LogP contribution >= 0.6 is 0 Å². The highest BCUT2D eigenvalue weighted by molar-refractivity contribution is 5.59. The second-order valence-corrected chi connectivity index (χ2v) is 4.08. The van der Waals surface area contributed by atoms with Crippen LogP contribution in [0, 0.1) is 12.7 Å². The SMILES string of the molecule is Cc1cc(F)ccc1-c1noc(CC(O)C(F)F)n1. The summed E-state index contributed by atoms with van der Waals surface area (Å²) < 4.78 is 42.1. The first-order valence-electron chi connectivity index (χ1n) is 5.52. The number of rotatable bonds is 4. The fourth-order valence-electron chi connectivity index (χ4n) is 1.59. The number of nitrogens with zero attached hydrogens (tertiary/aromatic N) is 2. The molecule has 1 aromatic heterocycles. The Hall–Kier alpha value is -1.89. The van der Waals surface area contributed by atoms with Crippen molar-refractivity contribution in [3.63, 3.8) is 0 Å². The van der Waals surface area contributed by atoms with E-state index >= 15 is 0 Å². The standard InChI is InChI=1S/C12H11F3N2O2/c1-6-4-7(13)2-3-8(6)12-16-10(19-17-12)5-9(18)11(14)15/h2-4,9,11,18H,5H2,1H3.